The van der Waals surface area contributed by atoms with Gasteiger partial charge < -0.3 is 19.5 Å². The summed E-state index contributed by atoms with van der Waals surface area (Å²) in [5.41, 5.74) is 0.966. The fraction of sp³-hybridized carbons (Fsp3) is 0.250. The van der Waals surface area contributed by atoms with Gasteiger partial charge >= 0.3 is 5.97 Å². The number of esters is 1. The zero-order valence-electron chi connectivity index (χ0n) is 15.4. The number of aliphatic hydroxyl groups excluding tert-OH is 1. The first-order valence-electron chi connectivity index (χ1n) is 8.49. The highest BCUT2D eigenvalue weighted by Gasteiger charge is 2.43. The standard InChI is InChI=1S/C20H19NO6S/c1-26-10-9-21-16(12-5-7-13(8-6-12)20(25)27-2)15(18(23)19(21)24)17(22)14-4-3-11-28-14/h3-8,11,16,23H,9-10H2,1-2H3. The fourth-order valence-corrected chi connectivity index (χ4v) is 3.79. The van der Waals surface area contributed by atoms with Crippen molar-refractivity contribution in [1.29, 1.82) is 0 Å². The van der Waals surface area contributed by atoms with Gasteiger partial charge in [-0.25, -0.2) is 4.79 Å². The summed E-state index contributed by atoms with van der Waals surface area (Å²) in [6.45, 7) is 0.445. The van der Waals surface area contributed by atoms with E-state index in [1.54, 1.807) is 41.8 Å². The number of methoxy groups -OCH3 is 2. The number of thiophene rings is 1. The molecule has 146 valence electrons. The highest BCUT2D eigenvalue weighted by molar-refractivity contribution is 7.12. The maximum Gasteiger partial charge on any atom is 0.337 e. The van der Waals surface area contributed by atoms with E-state index in [9.17, 15) is 19.5 Å². The molecule has 1 aliphatic heterocycles. The molecule has 1 N–H and O–H groups in total. The number of carbonyl (C=O) groups is 3. The third kappa shape index (κ3) is 3.56. The molecule has 0 spiro atoms. The van der Waals surface area contributed by atoms with E-state index in [0.29, 0.717) is 16.0 Å². The van der Waals surface area contributed by atoms with Crippen LogP contribution in [0.2, 0.25) is 0 Å². The molecule has 0 bridgehead atoms. The van der Waals surface area contributed by atoms with Gasteiger partial charge in [0.05, 0.1) is 35.8 Å². The summed E-state index contributed by atoms with van der Waals surface area (Å²) in [6, 6.07) is 9.01. The molecule has 1 unspecified atom stereocenters. The predicted octanol–water partition coefficient (Wildman–Crippen LogP) is 2.76. The van der Waals surface area contributed by atoms with Gasteiger partial charge in [0.15, 0.2) is 5.76 Å². The van der Waals surface area contributed by atoms with Crippen LogP contribution in [-0.4, -0.2) is 55.0 Å². The average molecular weight is 401 g/mol. The Morgan fingerprint density at radius 2 is 1.89 bits per heavy atom. The van der Waals surface area contributed by atoms with Crippen molar-refractivity contribution < 1.29 is 29.0 Å². The van der Waals surface area contributed by atoms with Gasteiger partial charge in [-0.05, 0) is 29.1 Å². The molecular formula is C20H19NO6S. The number of hydrogen-bond donors (Lipinski definition) is 1. The van der Waals surface area contributed by atoms with Crippen LogP contribution in [0.15, 0.2) is 53.1 Å². The van der Waals surface area contributed by atoms with Gasteiger partial charge in [0.25, 0.3) is 5.91 Å². The number of amides is 1. The molecule has 0 fully saturated rings. The summed E-state index contributed by atoms with van der Waals surface area (Å²) in [5.74, 6) is -2.07. The monoisotopic (exact) mass is 401 g/mol. The summed E-state index contributed by atoms with van der Waals surface area (Å²) in [4.78, 5) is 39.1. The van der Waals surface area contributed by atoms with Gasteiger partial charge in [-0.2, -0.15) is 0 Å². The van der Waals surface area contributed by atoms with Crippen molar-refractivity contribution in [3.63, 3.8) is 0 Å². The number of carbonyl (C=O) groups excluding carboxylic acids is 3. The van der Waals surface area contributed by atoms with Crippen molar-refractivity contribution in [3.8, 4) is 0 Å². The van der Waals surface area contributed by atoms with Crippen molar-refractivity contribution >= 4 is 29.0 Å². The minimum absolute atomic E-state index is 0.0226. The van der Waals surface area contributed by atoms with E-state index in [1.165, 1.54) is 30.5 Å². The van der Waals surface area contributed by atoms with Crippen LogP contribution in [0.1, 0.15) is 31.6 Å². The van der Waals surface area contributed by atoms with Crippen molar-refractivity contribution in [3.05, 3.63) is 69.1 Å². The number of hydrogen-bond acceptors (Lipinski definition) is 7. The molecule has 1 atom stereocenters. The molecule has 0 saturated heterocycles. The first kappa shape index (κ1) is 19.8. The Bertz CT molecular complexity index is 917. The van der Waals surface area contributed by atoms with E-state index >= 15 is 0 Å². The Balaban J connectivity index is 2.04. The van der Waals surface area contributed by atoms with E-state index in [0.717, 1.165) is 0 Å². The molecule has 0 aliphatic carbocycles. The quantitative estimate of drug-likeness (QED) is 0.566. The van der Waals surface area contributed by atoms with Gasteiger partial charge in [0.2, 0.25) is 5.78 Å². The van der Waals surface area contributed by atoms with Crippen LogP contribution in [-0.2, 0) is 14.3 Å². The molecule has 8 heteroatoms. The molecule has 1 aromatic heterocycles. The Morgan fingerprint density at radius 3 is 2.46 bits per heavy atom. The lowest BCUT2D eigenvalue weighted by atomic mass is 9.94. The third-order valence-electron chi connectivity index (χ3n) is 4.48. The first-order valence-corrected chi connectivity index (χ1v) is 9.37. The first-order chi connectivity index (χ1) is 13.5. The Morgan fingerprint density at radius 1 is 1.18 bits per heavy atom. The van der Waals surface area contributed by atoms with Gasteiger partial charge in [-0.15, -0.1) is 11.3 Å². The third-order valence-corrected chi connectivity index (χ3v) is 5.35. The number of ether oxygens (including phenoxy) is 2. The summed E-state index contributed by atoms with van der Waals surface area (Å²) >= 11 is 1.24. The summed E-state index contributed by atoms with van der Waals surface area (Å²) < 4.78 is 9.76. The Kier molecular flexibility index (Phi) is 5.91. The molecule has 0 saturated carbocycles. The lowest BCUT2D eigenvalue weighted by Crippen LogP contribution is -2.34. The average Bonchev–Trinajstić information content (AvgIpc) is 3.34. The minimum Gasteiger partial charge on any atom is -0.503 e. The predicted molar refractivity (Wildman–Crippen MR) is 102 cm³/mol. The van der Waals surface area contributed by atoms with Crippen LogP contribution in [0, 0.1) is 0 Å². The van der Waals surface area contributed by atoms with Crippen LogP contribution in [0.4, 0.5) is 0 Å². The SMILES string of the molecule is COCCN1C(=O)C(O)=C(C(=O)c2cccs2)C1c1ccc(C(=O)OC)cc1. The normalized spacial score (nSPS) is 16.6. The van der Waals surface area contributed by atoms with Gasteiger partial charge in [-0.3, -0.25) is 9.59 Å². The highest BCUT2D eigenvalue weighted by Crippen LogP contribution is 2.39. The van der Waals surface area contributed by atoms with Gasteiger partial charge in [0, 0.05) is 13.7 Å². The lowest BCUT2D eigenvalue weighted by Gasteiger charge is -2.26. The summed E-state index contributed by atoms with van der Waals surface area (Å²) in [7, 11) is 2.79. The molecule has 2 heterocycles. The zero-order chi connectivity index (χ0) is 20.3. The van der Waals surface area contributed by atoms with Crippen LogP contribution < -0.4 is 0 Å². The van der Waals surface area contributed by atoms with Crippen LogP contribution >= 0.6 is 11.3 Å². The molecule has 3 rings (SSSR count). The number of Topliss-reactive ketones (excluding diaryl/α,β-unsaturated/α-hetero) is 1. The van der Waals surface area contributed by atoms with E-state index in [2.05, 4.69) is 0 Å². The topological polar surface area (TPSA) is 93.1 Å². The number of benzene rings is 1. The molecule has 2 aromatic rings. The number of aliphatic hydroxyl groups is 1. The molecule has 1 amide bonds. The maximum absolute atomic E-state index is 13.0. The van der Waals surface area contributed by atoms with Crippen LogP contribution in [0.25, 0.3) is 0 Å². The molecular weight excluding hydrogens is 382 g/mol. The maximum atomic E-state index is 13.0. The van der Waals surface area contributed by atoms with Crippen LogP contribution in [0.5, 0.6) is 0 Å². The summed E-state index contributed by atoms with van der Waals surface area (Å²) in [5, 5.41) is 12.2. The fourth-order valence-electron chi connectivity index (χ4n) is 3.11. The van der Waals surface area contributed by atoms with E-state index in [1.807, 2.05) is 0 Å². The second kappa shape index (κ2) is 8.37. The van der Waals surface area contributed by atoms with E-state index < -0.39 is 29.5 Å². The number of ketones is 1. The minimum atomic E-state index is -0.774. The molecule has 1 aromatic carbocycles. The Labute approximate surface area is 165 Å². The lowest BCUT2D eigenvalue weighted by molar-refractivity contribution is -0.130. The highest BCUT2D eigenvalue weighted by atomic mass is 32.1. The smallest absolute Gasteiger partial charge is 0.337 e. The van der Waals surface area contributed by atoms with Gasteiger partial charge in [-0.1, -0.05) is 18.2 Å². The second-order valence-electron chi connectivity index (χ2n) is 6.08. The van der Waals surface area contributed by atoms with E-state index in [-0.39, 0.29) is 18.7 Å². The largest absolute Gasteiger partial charge is 0.503 e. The second-order valence-corrected chi connectivity index (χ2v) is 7.02. The van der Waals surface area contributed by atoms with E-state index in [4.69, 9.17) is 9.47 Å². The van der Waals surface area contributed by atoms with Crippen molar-refractivity contribution in [2.75, 3.05) is 27.4 Å². The van der Waals surface area contributed by atoms with Crippen LogP contribution in [0.3, 0.4) is 0 Å². The van der Waals surface area contributed by atoms with Crippen molar-refractivity contribution in [2.24, 2.45) is 0 Å². The summed E-state index contributed by atoms with van der Waals surface area (Å²) in [6.07, 6.45) is 0. The number of nitrogens with zero attached hydrogens (tertiary/aromatic N) is 1. The zero-order valence-corrected chi connectivity index (χ0v) is 16.2. The van der Waals surface area contributed by atoms with Crippen molar-refractivity contribution in [1.82, 2.24) is 4.90 Å². The Hall–Kier alpha value is -2.97. The van der Waals surface area contributed by atoms with Gasteiger partial charge in [0.1, 0.15) is 0 Å². The molecule has 28 heavy (non-hydrogen) atoms. The molecule has 0 radical (unpaired) electrons. The van der Waals surface area contributed by atoms with Crippen molar-refractivity contribution in [2.45, 2.75) is 6.04 Å². The molecule has 1 aliphatic rings. The molecule has 7 nitrogen and oxygen atoms in total. The number of rotatable bonds is 7.